The number of nitrogens with zero attached hydrogens (tertiary/aromatic N) is 6. The van der Waals surface area contributed by atoms with Crippen LogP contribution in [0.1, 0.15) is 19.3 Å². The number of piperidine rings is 1. The molecule has 0 saturated carbocycles. The van der Waals surface area contributed by atoms with Gasteiger partial charge >= 0.3 is 22.4 Å². The molecular formula is C13H22N8O8S. The first-order valence-electron chi connectivity index (χ1n) is 9.07. The van der Waals surface area contributed by atoms with Gasteiger partial charge in [-0.05, 0) is 36.2 Å². The van der Waals surface area contributed by atoms with Gasteiger partial charge in [0.2, 0.25) is 0 Å². The maximum atomic E-state index is 12.4. The lowest BCUT2D eigenvalue weighted by Gasteiger charge is -2.28. The number of carbonyl (C=O) groups excluding carboxylic acids is 2. The van der Waals surface area contributed by atoms with Crippen molar-refractivity contribution in [3.63, 3.8) is 0 Å². The van der Waals surface area contributed by atoms with E-state index in [-0.39, 0.29) is 32.1 Å². The fourth-order valence-corrected chi connectivity index (χ4v) is 3.50. The van der Waals surface area contributed by atoms with Crippen LogP contribution in [0.2, 0.25) is 0 Å². The van der Waals surface area contributed by atoms with Crippen LogP contribution in [0.25, 0.3) is 0 Å². The van der Waals surface area contributed by atoms with Crippen molar-refractivity contribution in [3.8, 4) is 6.01 Å². The SMILES string of the molecule is NCCCOc1nnnn1CCONC(=O)[C@@H]1CC[C@@H]2CN1C(=O)N2OS(=O)(=O)O. The minimum atomic E-state index is -4.85. The molecule has 3 heterocycles. The van der Waals surface area contributed by atoms with Gasteiger partial charge in [0.25, 0.3) is 5.91 Å². The quantitative estimate of drug-likeness (QED) is 0.181. The average molecular weight is 450 g/mol. The van der Waals surface area contributed by atoms with E-state index in [1.54, 1.807) is 0 Å². The molecule has 0 radical (unpaired) electrons. The Labute approximate surface area is 171 Å². The van der Waals surface area contributed by atoms with Crippen LogP contribution in [-0.2, 0) is 30.9 Å². The van der Waals surface area contributed by atoms with E-state index in [4.69, 9.17) is 19.9 Å². The number of hydrogen-bond donors (Lipinski definition) is 3. The van der Waals surface area contributed by atoms with Crippen molar-refractivity contribution in [2.75, 3.05) is 26.3 Å². The van der Waals surface area contributed by atoms with Gasteiger partial charge in [0.05, 0.1) is 25.8 Å². The van der Waals surface area contributed by atoms with Crippen LogP contribution in [-0.4, -0.2) is 93.5 Å². The van der Waals surface area contributed by atoms with Gasteiger partial charge in [-0.15, -0.1) is 4.28 Å². The lowest BCUT2D eigenvalue weighted by molar-refractivity contribution is -0.139. The Morgan fingerprint density at radius 3 is 2.87 bits per heavy atom. The molecule has 30 heavy (non-hydrogen) atoms. The third-order valence-corrected chi connectivity index (χ3v) is 4.81. The van der Waals surface area contributed by atoms with Crippen LogP contribution < -0.4 is 16.0 Å². The van der Waals surface area contributed by atoms with Gasteiger partial charge in [-0.2, -0.15) is 18.2 Å². The number of rotatable bonds is 11. The molecule has 2 saturated heterocycles. The van der Waals surface area contributed by atoms with Crippen molar-refractivity contribution < 1.29 is 36.4 Å². The van der Waals surface area contributed by atoms with E-state index < -0.39 is 34.4 Å². The maximum Gasteiger partial charge on any atom is 0.418 e. The fourth-order valence-electron chi connectivity index (χ4n) is 3.11. The van der Waals surface area contributed by atoms with Crippen LogP contribution in [0.5, 0.6) is 6.01 Å². The van der Waals surface area contributed by atoms with Crippen LogP contribution in [0, 0.1) is 0 Å². The number of aromatic nitrogens is 4. The summed E-state index contributed by atoms with van der Waals surface area (Å²) in [6.07, 6.45) is 1.22. The van der Waals surface area contributed by atoms with Crippen LogP contribution >= 0.6 is 0 Å². The predicted octanol–water partition coefficient (Wildman–Crippen LogP) is -2.55. The molecule has 1 aromatic heterocycles. The first-order chi connectivity index (χ1) is 14.3. The average Bonchev–Trinajstić information content (AvgIpc) is 3.23. The van der Waals surface area contributed by atoms with E-state index in [2.05, 4.69) is 25.3 Å². The molecule has 2 aliphatic rings. The molecule has 0 aromatic carbocycles. The number of tetrazole rings is 1. The fraction of sp³-hybridized carbons (Fsp3) is 0.769. The zero-order valence-electron chi connectivity index (χ0n) is 15.8. The highest BCUT2D eigenvalue weighted by molar-refractivity contribution is 7.80. The summed E-state index contributed by atoms with van der Waals surface area (Å²) in [4.78, 5) is 31.0. The Morgan fingerprint density at radius 2 is 2.13 bits per heavy atom. The second-order valence-corrected chi connectivity index (χ2v) is 7.50. The third kappa shape index (κ3) is 5.30. The van der Waals surface area contributed by atoms with E-state index in [1.165, 1.54) is 4.68 Å². The summed E-state index contributed by atoms with van der Waals surface area (Å²) < 4.78 is 41.6. The highest BCUT2D eigenvalue weighted by Gasteiger charge is 2.49. The van der Waals surface area contributed by atoms with E-state index >= 15 is 0 Å². The molecule has 16 nitrogen and oxygen atoms in total. The molecule has 3 rings (SSSR count). The molecule has 0 aliphatic carbocycles. The molecule has 168 valence electrons. The van der Waals surface area contributed by atoms with E-state index in [0.717, 1.165) is 4.90 Å². The van der Waals surface area contributed by atoms with Crippen molar-refractivity contribution in [2.45, 2.75) is 37.9 Å². The molecule has 2 fully saturated rings. The number of nitrogens with one attached hydrogen (secondary N) is 1. The molecule has 0 spiro atoms. The lowest BCUT2D eigenvalue weighted by Crippen LogP contribution is -2.49. The molecule has 1 aromatic rings. The first-order valence-corrected chi connectivity index (χ1v) is 10.4. The minimum Gasteiger partial charge on any atom is -0.462 e. The van der Waals surface area contributed by atoms with Gasteiger partial charge in [0.1, 0.15) is 6.04 Å². The molecule has 2 aliphatic heterocycles. The van der Waals surface area contributed by atoms with Crippen molar-refractivity contribution in [2.24, 2.45) is 5.73 Å². The summed E-state index contributed by atoms with van der Waals surface area (Å²) in [5, 5.41) is 11.5. The second-order valence-electron chi connectivity index (χ2n) is 6.50. The summed E-state index contributed by atoms with van der Waals surface area (Å²) >= 11 is 0. The minimum absolute atomic E-state index is 0.0192. The molecule has 2 bridgehead atoms. The van der Waals surface area contributed by atoms with Gasteiger partial charge in [-0.3, -0.25) is 14.2 Å². The number of amides is 3. The topological polar surface area (TPSA) is 204 Å². The zero-order valence-corrected chi connectivity index (χ0v) is 16.6. The number of carbonyl (C=O) groups is 2. The van der Waals surface area contributed by atoms with Crippen molar-refractivity contribution in [1.29, 1.82) is 0 Å². The summed E-state index contributed by atoms with van der Waals surface area (Å²) in [7, 11) is -4.85. The van der Waals surface area contributed by atoms with Crippen LogP contribution in [0.15, 0.2) is 0 Å². The molecule has 4 N–H and O–H groups in total. The summed E-state index contributed by atoms with van der Waals surface area (Å²) in [6, 6.07) is -2.09. The van der Waals surface area contributed by atoms with Gasteiger partial charge in [-0.25, -0.2) is 10.3 Å². The summed E-state index contributed by atoms with van der Waals surface area (Å²) in [6.45, 7) is 1.12. The van der Waals surface area contributed by atoms with E-state index in [9.17, 15) is 18.0 Å². The standard InChI is InChI=1S/C13H22N8O8S/c14-4-1-6-27-12-15-17-18-20(12)5-7-28-16-11(22)10-3-2-9-8-19(10)13(23)21(9)29-30(24,25)26/h9-10H,1-8,14H2,(H,16,22)(H,24,25,26)/t9-,10+/m1/s1. The number of hydrogen-bond acceptors (Lipinski definition) is 11. The third-order valence-electron chi connectivity index (χ3n) is 4.46. The number of hydroxylamine groups is 3. The maximum absolute atomic E-state index is 12.4. The van der Waals surface area contributed by atoms with Gasteiger partial charge in [0.15, 0.2) is 0 Å². The zero-order chi connectivity index (χ0) is 21.7. The summed E-state index contributed by atoms with van der Waals surface area (Å²) in [5.74, 6) is -0.577. The molecule has 2 atom stereocenters. The highest BCUT2D eigenvalue weighted by Crippen LogP contribution is 2.30. The van der Waals surface area contributed by atoms with Gasteiger partial charge < -0.3 is 15.4 Å². The number of fused-ring (bicyclic) bond motifs is 2. The largest absolute Gasteiger partial charge is 0.462 e. The van der Waals surface area contributed by atoms with Crippen molar-refractivity contribution in [1.82, 2.24) is 35.7 Å². The van der Waals surface area contributed by atoms with Crippen molar-refractivity contribution >= 4 is 22.3 Å². The monoisotopic (exact) mass is 450 g/mol. The Hall–Kier alpha value is -2.60. The Bertz CT molecular complexity index is 863. The number of urea groups is 1. The highest BCUT2D eigenvalue weighted by atomic mass is 32.3. The Morgan fingerprint density at radius 1 is 1.33 bits per heavy atom. The van der Waals surface area contributed by atoms with Gasteiger partial charge in [-0.1, -0.05) is 5.10 Å². The van der Waals surface area contributed by atoms with Gasteiger partial charge in [0, 0.05) is 6.54 Å². The Kier molecular flexibility index (Phi) is 6.98. The van der Waals surface area contributed by atoms with E-state index in [0.29, 0.717) is 31.1 Å². The van der Waals surface area contributed by atoms with E-state index in [1.807, 2.05) is 0 Å². The van der Waals surface area contributed by atoms with Crippen LogP contribution in [0.3, 0.4) is 0 Å². The predicted molar refractivity (Wildman–Crippen MR) is 94.5 cm³/mol. The second kappa shape index (κ2) is 9.47. The lowest BCUT2D eigenvalue weighted by atomic mass is 10.0. The number of nitrogens with two attached hydrogens (primary N) is 1. The molecular weight excluding hydrogens is 428 g/mol. The molecule has 0 unspecified atom stereocenters. The molecule has 3 amide bonds. The smallest absolute Gasteiger partial charge is 0.418 e. The van der Waals surface area contributed by atoms with Crippen molar-refractivity contribution in [3.05, 3.63) is 0 Å². The number of ether oxygens (including phenoxy) is 1. The first kappa shape index (κ1) is 22.1. The van der Waals surface area contributed by atoms with Crippen LogP contribution in [0.4, 0.5) is 4.79 Å². The molecule has 17 heteroatoms. The normalized spacial score (nSPS) is 21.2. The Balaban J connectivity index is 1.45. The summed E-state index contributed by atoms with van der Waals surface area (Å²) in [5.41, 5.74) is 7.64.